The van der Waals surface area contributed by atoms with Crippen molar-refractivity contribution in [2.45, 2.75) is 6.42 Å². The second-order valence-electron chi connectivity index (χ2n) is 3.90. The average molecular weight is 239 g/mol. The van der Waals surface area contributed by atoms with Crippen molar-refractivity contribution in [3.63, 3.8) is 0 Å². The van der Waals surface area contributed by atoms with Gasteiger partial charge in [0.15, 0.2) is 0 Å². The molecule has 0 saturated carbocycles. The van der Waals surface area contributed by atoms with Gasteiger partial charge in [0.1, 0.15) is 6.33 Å². The summed E-state index contributed by atoms with van der Waals surface area (Å²) in [5.41, 5.74) is 0. The minimum atomic E-state index is -0.204. The molecule has 17 heavy (non-hydrogen) atoms. The highest BCUT2D eigenvalue weighted by atomic mass is 16.5. The van der Waals surface area contributed by atoms with Crippen molar-refractivity contribution in [1.82, 2.24) is 25.4 Å². The summed E-state index contributed by atoms with van der Waals surface area (Å²) in [7, 11) is 0. The average Bonchev–Trinajstić information content (AvgIpc) is 2.89. The number of morpholine rings is 1. The zero-order valence-electron chi connectivity index (χ0n) is 9.69. The molecule has 0 atom stereocenters. The molecule has 0 aliphatic carbocycles. The SMILES string of the molecule is O=C(NCCCN1CCOCC1)c1ncn[nH]1. The van der Waals surface area contributed by atoms with E-state index in [9.17, 15) is 4.79 Å². The van der Waals surface area contributed by atoms with E-state index in [-0.39, 0.29) is 11.7 Å². The number of ether oxygens (including phenoxy) is 1. The molecule has 0 aromatic carbocycles. The van der Waals surface area contributed by atoms with Gasteiger partial charge in [0, 0.05) is 19.6 Å². The molecule has 7 heteroatoms. The minimum Gasteiger partial charge on any atom is -0.379 e. The lowest BCUT2D eigenvalue weighted by molar-refractivity contribution is 0.0374. The summed E-state index contributed by atoms with van der Waals surface area (Å²) in [6.07, 6.45) is 2.25. The molecule has 0 radical (unpaired) electrons. The summed E-state index contributed by atoms with van der Waals surface area (Å²) in [6, 6.07) is 0. The van der Waals surface area contributed by atoms with Crippen LogP contribution in [0.2, 0.25) is 0 Å². The first kappa shape index (κ1) is 12.0. The Bertz CT molecular complexity index is 334. The van der Waals surface area contributed by atoms with Crippen LogP contribution >= 0.6 is 0 Å². The van der Waals surface area contributed by atoms with Gasteiger partial charge >= 0.3 is 0 Å². The number of carbonyl (C=O) groups is 1. The molecule has 0 spiro atoms. The Morgan fingerprint density at radius 2 is 2.35 bits per heavy atom. The van der Waals surface area contributed by atoms with Gasteiger partial charge in [-0.05, 0) is 13.0 Å². The topological polar surface area (TPSA) is 83.1 Å². The zero-order chi connectivity index (χ0) is 11.9. The smallest absolute Gasteiger partial charge is 0.288 e. The molecule has 1 saturated heterocycles. The van der Waals surface area contributed by atoms with E-state index < -0.39 is 0 Å². The highest BCUT2D eigenvalue weighted by molar-refractivity contribution is 5.90. The molecule has 1 fully saturated rings. The van der Waals surface area contributed by atoms with Gasteiger partial charge in [0.05, 0.1) is 13.2 Å². The minimum absolute atomic E-state index is 0.204. The van der Waals surface area contributed by atoms with Crippen LogP contribution in [-0.2, 0) is 4.74 Å². The molecule has 1 aromatic rings. The van der Waals surface area contributed by atoms with E-state index in [1.807, 2.05) is 0 Å². The Hall–Kier alpha value is -1.47. The maximum atomic E-state index is 11.5. The second-order valence-corrected chi connectivity index (χ2v) is 3.90. The third-order valence-corrected chi connectivity index (χ3v) is 2.67. The van der Waals surface area contributed by atoms with Gasteiger partial charge < -0.3 is 10.1 Å². The highest BCUT2D eigenvalue weighted by Crippen LogP contribution is 1.97. The lowest BCUT2D eigenvalue weighted by Gasteiger charge is -2.26. The predicted octanol–water partition coefficient (Wildman–Crippen LogP) is -0.743. The fourth-order valence-corrected chi connectivity index (χ4v) is 1.73. The summed E-state index contributed by atoms with van der Waals surface area (Å²) < 4.78 is 5.26. The molecular weight excluding hydrogens is 222 g/mol. The fourth-order valence-electron chi connectivity index (χ4n) is 1.73. The number of hydrogen-bond acceptors (Lipinski definition) is 5. The van der Waals surface area contributed by atoms with Crippen molar-refractivity contribution in [1.29, 1.82) is 0 Å². The van der Waals surface area contributed by atoms with Crippen LogP contribution < -0.4 is 5.32 Å². The van der Waals surface area contributed by atoms with Gasteiger partial charge in [-0.2, -0.15) is 5.10 Å². The van der Waals surface area contributed by atoms with Crippen LogP contribution in [0.5, 0.6) is 0 Å². The molecular formula is C10H17N5O2. The maximum Gasteiger partial charge on any atom is 0.288 e. The second kappa shape index (κ2) is 6.31. The summed E-state index contributed by atoms with van der Waals surface area (Å²) in [6.45, 7) is 5.22. The Morgan fingerprint density at radius 3 is 3.06 bits per heavy atom. The van der Waals surface area contributed by atoms with Gasteiger partial charge in [-0.1, -0.05) is 0 Å². The summed E-state index contributed by atoms with van der Waals surface area (Å²) in [4.78, 5) is 17.6. The predicted molar refractivity (Wildman–Crippen MR) is 60.6 cm³/mol. The summed E-state index contributed by atoms with van der Waals surface area (Å²) in [5, 5.41) is 8.95. The van der Waals surface area contributed by atoms with Crippen LogP contribution in [0.15, 0.2) is 6.33 Å². The number of nitrogens with one attached hydrogen (secondary N) is 2. The number of carbonyl (C=O) groups excluding carboxylic acids is 1. The number of amides is 1. The van der Waals surface area contributed by atoms with Crippen LogP contribution in [0.1, 0.15) is 17.0 Å². The van der Waals surface area contributed by atoms with E-state index >= 15 is 0 Å². The standard InChI is InChI=1S/C10H17N5O2/c16-10(9-12-8-13-14-9)11-2-1-3-15-4-6-17-7-5-15/h8H,1-7H2,(H,11,16)(H,12,13,14). The number of hydrogen-bond donors (Lipinski definition) is 2. The van der Waals surface area contributed by atoms with Gasteiger partial charge in [0.2, 0.25) is 5.82 Å². The van der Waals surface area contributed by atoms with Crippen LogP contribution in [0, 0.1) is 0 Å². The Kier molecular flexibility index (Phi) is 4.45. The highest BCUT2D eigenvalue weighted by Gasteiger charge is 2.10. The molecule has 0 bridgehead atoms. The molecule has 0 unspecified atom stereocenters. The first-order valence-corrected chi connectivity index (χ1v) is 5.80. The largest absolute Gasteiger partial charge is 0.379 e. The molecule has 1 aliphatic heterocycles. The lowest BCUT2D eigenvalue weighted by Crippen LogP contribution is -2.38. The van der Waals surface area contributed by atoms with E-state index in [2.05, 4.69) is 25.4 Å². The molecule has 2 rings (SSSR count). The van der Waals surface area contributed by atoms with E-state index in [1.54, 1.807) is 0 Å². The molecule has 1 aliphatic rings. The molecule has 1 aromatic heterocycles. The lowest BCUT2D eigenvalue weighted by atomic mass is 10.3. The zero-order valence-corrected chi connectivity index (χ0v) is 9.69. The summed E-state index contributed by atoms with van der Waals surface area (Å²) >= 11 is 0. The number of H-pyrrole nitrogens is 1. The number of nitrogens with zero attached hydrogens (tertiary/aromatic N) is 3. The van der Waals surface area contributed by atoms with Crippen LogP contribution in [0.4, 0.5) is 0 Å². The van der Waals surface area contributed by atoms with Crippen molar-refractivity contribution in [3.05, 3.63) is 12.2 Å². The van der Waals surface area contributed by atoms with Crippen molar-refractivity contribution in [2.24, 2.45) is 0 Å². The Balaban J connectivity index is 1.58. The van der Waals surface area contributed by atoms with Crippen molar-refractivity contribution in [3.8, 4) is 0 Å². The number of rotatable bonds is 5. The summed E-state index contributed by atoms with van der Waals surface area (Å²) in [5.74, 6) is 0.0563. The monoisotopic (exact) mass is 239 g/mol. The van der Waals surface area contributed by atoms with E-state index in [1.165, 1.54) is 6.33 Å². The third kappa shape index (κ3) is 3.79. The van der Waals surface area contributed by atoms with Crippen molar-refractivity contribution in [2.75, 3.05) is 39.4 Å². The van der Waals surface area contributed by atoms with Gasteiger partial charge in [-0.15, -0.1) is 0 Å². The maximum absolute atomic E-state index is 11.5. The van der Waals surface area contributed by atoms with Gasteiger partial charge in [-0.3, -0.25) is 14.8 Å². The van der Waals surface area contributed by atoms with Gasteiger partial charge in [-0.25, -0.2) is 4.98 Å². The van der Waals surface area contributed by atoms with Crippen LogP contribution in [0.25, 0.3) is 0 Å². The first-order valence-electron chi connectivity index (χ1n) is 5.80. The van der Waals surface area contributed by atoms with E-state index in [0.717, 1.165) is 39.3 Å². The number of aromatic nitrogens is 3. The van der Waals surface area contributed by atoms with Crippen molar-refractivity contribution < 1.29 is 9.53 Å². The molecule has 94 valence electrons. The number of aromatic amines is 1. The van der Waals surface area contributed by atoms with E-state index in [0.29, 0.717) is 6.54 Å². The Labute approximate surface area is 99.5 Å². The van der Waals surface area contributed by atoms with Gasteiger partial charge in [0.25, 0.3) is 5.91 Å². The van der Waals surface area contributed by atoms with Crippen LogP contribution in [0.3, 0.4) is 0 Å². The third-order valence-electron chi connectivity index (χ3n) is 2.67. The molecule has 2 heterocycles. The van der Waals surface area contributed by atoms with Crippen molar-refractivity contribution >= 4 is 5.91 Å². The van der Waals surface area contributed by atoms with Crippen LogP contribution in [-0.4, -0.2) is 65.4 Å². The normalized spacial score (nSPS) is 16.9. The fraction of sp³-hybridized carbons (Fsp3) is 0.700. The Morgan fingerprint density at radius 1 is 1.53 bits per heavy atom. The molecule has 1 amide bonds. The molecule has 2 N–H and O–H groups in total. The van der Waals surface area contributed by atoms with E-state index in [4.69, 9.17) is 4.74 Å². The molecule has 7 nitrogen and oxygen atoms in total. The quantitative estimate of drug-likeness (QED) is 0.661. The first-order chi connectivity index (χ1) is 8.36.